The molecule has 2 nitrogen and oxygen atoms in total. The molecule has 1 aromatic rings. The van der Waals surface area contributed by atoms with Crippen molar-refractivity contribution in [3.05, 3.63) is 32.0 Å². The van der Waals surface area contributed by atoms with Crippen LogP contribution in [0.5, 0.6) is 0 Å². The Bertz CT molecular complexity index is 386. The second kappa shape index (κ2) is 5.12. The number of hydrogen-bond donors (Lipinski definition) is 1. The molecule has 0 saturated carbocycles. The van der Waals surface area contributed by atoms with E-state index in [0.29, 0.717) is 6.04 Å². The van der Waals surface area contributed by atoms with Gasteiger partial charge in [0.1, 0.15) is 0 Å². The van der Waals surface area contributed by atoms with Gasteiger partial charge in [0.25, 0.3) is 5.91 Å². The molecule has 1 heterocycles. The summed E-state index contributed by atoms with van der Waals surface area (Å²) in [4.78, 5) is 11.8. The first kappa shape index (κ1) is 11.1. The minimum atomic E-state index is 0.0643. The van der Waals surface area contributed by atoms with Crippen molar-refractivity contribution < 1.29 is 4.79 Å². The number of carbonyl (C=O) groups excluding carboxylic acids is 1. The normalized spacial score (nSPS) is 20.2. The van der Waals surface area contributed by atoms with Crippen molar-refractivity contribution >= 4 is 39.8 Å². The molecule has 0 saturated heterocycles. The summed E-state index contributed by atoms with van der Waals surface area (Å²) in [6.45, 7) is 0. The van der Waals surface area contributed by atoms with E-state index in [-0.39, 0.29) is 5.91 Å². The van der Waals surface area contributed by atoms with E-state index < -0.39 is 0 Å². The Balaban J connectivity index is 1.94. The Kier molecular flexibility index (Phi) is 3.80. The Hall–Kier alpha value is -0.360. The van der Waals surface area contributed by atoms with Crippen molar-refractivity contribution in [3.8, 4) is 0 Å². The summed E-state index contributed by atoms with van der Waals surface area (Å²) in [5.74, 6) is 0.0643. The van der Waals surface area contributed by atoms with E-state index in [9.17, 15) is 4.79 Å². The maximum Gasteiger partial charge on any atom is 0.252 e. The molecule has 0 fully saturated rings. The van der Waals surface area contributed by atoms with Gasteiger partial charge in [0.05, 0.1) is 8.45 Å². The summed E-state index contributed by atoms with van der Waals surface area (Å²) in [5, 5.41) is 4.97. The van der Waals surface area contributed by atoms with Gasteiger partial charge in [-0.3, -0.25) is 4.79 Å². The second-order valence-corrected chi connectivity index (χ2v) is 6.40. The summed E-state index contributed by atoms with van der Waals surface area (Å²) in [6.07, 6.45) is 7.42. The number of carbonyl (C=O) groups is 1. The Morgan fingerprint density at radius 1 is 1.53 bits per heavy atom. The molecule has 0 aliphatic heterocycles. The van der Waals surface area contributed by atoms with E-state index >= 15 is 0 Å². The van der Waals surface area contributed by atoms with Crippen LogP contribution in [-0.2, 0) is 0 Å². The topological polar surface area (TPSA) is 29.1 Å². The number of amides is 1. The van der Waals surface area contributed by atoms with E-state index in [0.717, 1.165) is 27.7 Å². The van der Waals surface area contributed by atoms with Crippen molar-refractivity contribution in [1.29, 1.82) is 0 Å². The highest BCUT2D eigenvalue weighted by atomic mass is 127. The van der Waals surface area contributed by atoms with Crippen LogP contribution in [-0.4, -0.2) is 11.9 Å². The third kappa shape index (κ3) is 3.04. The van der Waals surface area contributed by atoms with Crippen molar-refractivity contribution in [2.75, 3.05) is 0 Å². The Labute approximate surface area is 107 Å². The van der Waals surface area contributed by atoms with Gasteiger partial charge in [-0.25, -0.2) is 0 Å². The molecule has 1 aliphatic carbocycles. The average Bonchev–Trinajstić information content (AvgIpc) is 2.66. The SMILES string of the molecule is O=C(NC1CC=CCC1)c1csc(I)c1. The van der Waals surface area contributed by atoms with Crippen LogP contribution in [0.2, 0.25) is 0 Å². The zero-order valence-electron chi connectivity index (χ0n) is 8.20. The fourth-order valence-electron chi connectivity index (χ4n) is 1.62. The molecule has 0 aromatic carbocycles. The van der Waals surface area contributed by atoms with Crippen LogP contribution in [0.25, 0.3) is 0 Å². The van der Waals surface area contributed by atoms with Gasteiger partial charge < -0.3 is 5.32 Å². The van der Waals surface area contributed by atoms with Gasteiger partial charge >= 0.3 is 0 Å². The van der Waals surface area contributed by atoms with E-state index in [2.05, 4.69) is 40.1 Å². The first-order valence-electron chi connectivity index (χ1n) is 4.95. The van der Waals surface area contributed by atoms with Crippen LogP contribution in [0.3, 0.4) is 0 Å². The maximum atomic E-state index is 11.8. The summed E-state index contributed by atoms with van der Waals surface area (Å²) >= 11 is 3.84. The van der Waals surface area contributed by atoms with Gasteiger partial charge in [0.15, 0.2) is 0 Å². The lowest BCUT2D eigenvalue weighted by molar-refractivity contribution is 0.0935. The molecule has 1 aromatic heterocycles. The zero-order chi connectivity index (χ0) is 10.7. The minimum Gasteiger partial charge on any atom is -0.349 e. The molecule has 1 amide bonds. The number of rotatable bonds is 2. The summed E-state index contributed by atoms with van der Waals surface area (Å²) in [7, 11) is 0. The lowest BCUT2D eigenvalue weighted by atomic mass is 10.0. The predicted molar refractivity (Wildman–Crippen MR) is 71.3 cm³/mol. The highest BCUT2D eigenvalue weighted by Crippen LogP contribution is 2.17. The second-order valence-electron chi connectivity index (χ2n) is 3.59. The van der Waals surface area contributed by atoms with E-state index in [1.807, 2.05) is 11.4 Å². The molecule has 1 atom stereocenters. The lowest BCUT2D eigenvalue weighted by Crippen LogP contribution is -2.35. The number of nitrogens with one attached hydrogen (secondary N) is 1. The number of allylic oxidation sites excluding steroid dienone is 1. The predicted octanol–water partition coefficient (Wildman–Crippen LogP) is 3.19. The van der Waals surface area contributed by atoms with Crippen LogP contribution in [0.15, 0.2) is 23.6 Å². The first-order valence-corrected chi connectivity index (χ1v) is 6.91. The number of thiophene rings is 1. The summed E-state index contributed by atoms with van der Waals surface area (Å²) < 4.78 is 1.15. The molecule has 1 aliphatic rings. The van der Waals surface area contributed by atoms with Gasteiger partial charge in [-0.05, 0) is 47.9 Å². The molecular formula is C11H12INOS. The van der Waals surface area contributed by atoms with Gasteiger partial charge in [0, 0.05) is 11.4 Å². The first-order chi connectivity index (χ1) is 7.25. The fraction of sp³-hybridized carbons (Fsp3) is 0.364. The van der Waals surface area contributed by atoms with Crippen LogP contribution < -0.4 is 5.32 Å². The van der Waals surface area contributed by atoms with Crippen molar-refractivity contribution in [1.82, 2.24) is 5.32 Å². The highest BCUT2D eigenvalue weighted by molar-refractivity contribution is 14.1. The Morgan fingerprint density at radius 3 is 3.00 bits per heavy atom. The van der Waals surface area contributed by atoms with Crippen LogP contribution in [0, 0.1) is 2.88 Å². The lowest BCUT2D eigenvalue weighted by Gasteiger charge is -2.18. The van der Waals surface area contributed by atoms with Crippen molar-refractivity contribution in [2.45, 2.75) is 25.3 Å². The molecule has 0 bridgehead atoms. The smallest absolute Gasteiger partial charge is 0.252 e. The number of halogens is 1. The quantitative estimate of drug-likeness (QED) is 0.654. The summed E-state index contributed by atoms with van der Waals surface area (Å²) in [5.41, 5.74) is 0.791. The molecule has 0 spiro atoms. The average molecular weight is 333 g/mol. The molecule has 15 heavy (non-hydrogen) atoms. The summed E-state index contributed by atoms with van der Waals surface area (Å²) in [6, 6.07) is 2.25. The Morgan fingerprint density at radius 2 is 2.40 bits per heavy atom. The molecule has 1 N–H and O–H groups in total. The fourth-order valence-corrected chi connectivity index (χ4v) is 2.95. The molecule has 80 valence electrons. The third-order valence-corrected chi connectivity index (χ3v) is 4.22. The van der Waals surface area contributed by atoms with E-state index in [4.69, 9.17) is 0 Å². The largest absolute Gasteiger partial charge is 0.349 e. The standard InChI is InChI=1S/C11H12INOS/c12-10-6-8(7-15-10)11(14)13-9-4-2-1-3-5-9/h1-2,6-7,9H,3-5H2,(H,13,14). The van der Waals surface area contributed by atoms with Gasteiger partial charge in [-0.2, -0.15) is 0 Å². The zero-order valence-corrected chi connectivity index (χ0v) is 11.2. The van der Waals surface area contributed by atoms with Crippen LogP contribution in [0.1, 0.15) is 29.6 Å². The van der Waals surface area contributed by atoms with Gasteiger partial charge in [-0.15, -0.1) is 11.3 Å². The highest BCUT2D eigenvalue weighted by Gasteiger charge is 2.14. The number of hydrogen-bond acceptors (Lipinski definition) is 2. The molecule has 1 unspecified atom stereocenters. The van der Waals surface area contributed by atoms with Crippen LogP contribution in [0.4, 0.5) is 0 Å². The minimum absolute atomic E-state index is 0.0643. The molecule has 4 heteroatoms. The van der Waals surface area contributed by atoms with Crippen molar-refractivity contribution in [2.24, 2.45) is 0 Å². The van der Waals surface area contributed by atoms with Gasteiger partial charge in [0.2, 0.25) is 0 Å². The molecular weight excluding hydrogens is 321 g/mol. The molecule has 0 radical (unpaired) electrons. The monoisotopic (exact) mass is 333 g/mol. The molecule has 2 rings (SSSR count). The van der Waals surface area contributed by atoms with E-state index in [1.165, 1.54) is 0 Å². The van der Waals surface area contributed by atoms with Crippen LogP contribution >= 0.6 is 33.9 Å². The maximum absolute atomic E-state index is 11.8. The van der Waals surface area contributed by atoms with Gasteiger partial charge in [-0.1, -0.05) is 12.2 Å². The van der Waals surface area contributed by atoms with Crippen molar-refractivity contribution in [3.63, 3.8) is 0 Å². The van der Waals surface area contributed by atoms with E-state index in [1.54, 1.807) is 11.3 Å². The third-order valence-electron chi connectivity index (χ3n) is 2.43.